The second kappa shape index (κ2) is 4.82. The van der Waals surface area contributed by atoms with Crippen molar-refractivity contribution in [3.63, 3.8) is 0 Å². The van der Waals surface area contributed by atoms with E-state index < -0.39 is 0 Å². The lowest BCUT2D eigenvalue weighted by molar-refractivity contribution is 0.171. The molecule has 1 aromatic rings. The summed E-state index contributed by atoms with van der Waals surface area (Å²) in [6.45, 7) is 9.12. The first-order valence-corrected chi connectivity index (χ1v) is 6.74. The van der Waals surface area contributed by atoms with Gasteiger partial charge in [-0.3, -0.25) is 0 Å². The summed E-state index contributed by atoms with van der Waals surface area (Å²) in [6, 6.07) is 0. The van der Waals surface area contributed by atoms with Crippen molar-refractivity contribution in [1.82, 2.24) is 10.3 Å². The summed E-state index contributed by atoms with van der Waals surface area (Å²) in [5.41, 5.74) is 1.29. The summed E-state index contributed by atoms with van der Waals surface area (Å²) in [4.78, 5) is 4.62. The lowest BCUT2D eigenvalue weighted by Gasteiger charge is -2.22. The number of hydrogen-bond acceptors (Lipinski definition) is 4. The fourth-order valence-electron chi connectivity index (χ4n) is 1.78. The summed E-state index contributed by atoms with van der Waals surface area (Å²) >= 11 is 1.76. The minimum Gasteiger partial charge on any atom is -0.379 e. The Hall–Kier alpha value is -0.450. The second-order valence-corrected chi connectivity index (χ2v) is 5.94. The molecular formula is C12H20N2OS. The molecule has 0 bridgehead atoms. The van der Waals surface area contributed by atoms with Crippen LogP contribution < -0.4 is 5.32 Å². The van der Waals surface area contributed by atoms with Crippen LogP contribution in [-0.4, -0.2) is 23.7 Å². The van der Waals surface area contributed by atoms with E-state index in [2.05, 4.69) is 36.5 Å². The molecule has 1 aliphatic heterocycles. The first-order valence-electron chi connectivity index (χ1n) is 5.86. The van der Waals surface area contributed by atoms with Crippen LogP contribution in [0.25, 0.3) is 0 Å². The molecule has 0 aromatic carbocycles. The van der Waals surface area contributed by atoms with E-state index in [0.29, 0.717) is 5.92 Å². The summed E-state index contributed by atoms with van der Waals surface area (Å²) in [5.74, 6) is 0.532. The van der Waals surface area contributed by atoms with Crippen LogP contribution in [0, 0.1) is 0 Å². The minimum atomic E-state index is 0.140. The number of thiazole rings is 1. The molecule has 1 unspecified atom stereocenters. The van der Waals surface area contributed by atoms with Gasteiger partial charge in [0.15, 0.2) is 0 Å². The van der Waals surface area contributed by atoms with Crippen LogP contribution in [0.4, 0.5) is 0 Å². The maximum atomic E-state index is 5.41. The highest BCUT2D eigenvalue weighted by molar-refractivity contribution is 7.09. The predicted octanol–water partition coefficient (Wildman–Crippen LogP) is 2.54. The Morgan fingerprint density at radius 2 is 2.44 bits per heavy atom. The van der Waals surface area contributed by atoms with E-state index in [-0.39, 0.29) is 5.54 Å². The van der Waals surface area contributed by atoms with Crippen molar-refractivity contribution in [3.8, 4) is 0 Å². The van der Waals surface area contributed by atoms with Crippen LogP contribution in [0.1, 0.15) is 43.8 Å². The van der Waals surface area contributed by atoms with Gasteiger partial charge >= 0.3 is 0 Å². The zero-order valence-corrected chi connectivity index (χ0v) is 11.1. The van der Waals surface area contributed by atoms with Crippen molar-refractivity contribution in [3.05, 3.63) is 16.1 Å². The Labute approximate surface area is 101 Å². The molecule has 1 fully saturated rings. The first kappa shape index (κ1) is 12.0. The molecule has 1 N–H and O–H groups in total. The molecule has 90 valence electrons. The molecule has 1 saturated heterocycles. The quantitative estimate of drug-likeness (QED) is 0.878. The molecule has 2 rings (SSSR count). The normalized spacial score (nSPS) is 25.5. The lowest BCUT2D eigenvalue weighted by atomic mass is 10.0. The van der Waals surface area contributed by atoms with Crippen LogP contribution in [0.2, 0.25) is 0 Å². The molecule has 0 spiro atoms. The van der Waals surface area contributed by atoms with Gasteiger partial charge in [0.05, 0.1) is 17.3 Å². The molecule has 0 aliphatic carbocycles. The molecule has 1 aliphatic rings. The van der Waals surface area contributed by atoms with Crippen LogP contribution in [-0.2, 0) is 11.3 Å². The minimum absolute atomic E-state index is 0.140. The van der Waals surface area contributed by atoms with Crippen molar-refractivity contribution in [1.29, 1.82) is 0 Å². The Morgan fingerprint density at radius 1 is 1.62 bits per heavy atom. The zero-order valence-electron chi connectivity index (χ0n) is 10.2. The van der Waals surface area contributed by atoms with E-state index in [1.165, 1.54) is 5.01 Å². The second-order valence-electron chi connectivity index (χ2n) is 5.05. The maximum absolute atomic E-state index is 5.41. The Kier molecular flexibility index (Phi) is 3.62. The van der Waals surface area contributed by atoms with E-state index in [9.17, 15) is 0 Å². The number of nitrogens with one attached hydrogen (secondary N) is 1. The van der Waals surface area contributed by atoms with Crippen molar-refractivity contribution < 1.29 is 4.74 Å². The molecular weight excluding hydrogens is 220 g/mol. The van der Waals surface area contributed by atoms with Gasteiger partial charge in [-0.15, -0.1) is 11.3 Å². The van der Waals surface area contributed by atoms with E-state index in [4.69, 9.17) is 4.74 Å². The van der Waals surface area contributed by atoms with E-state index in [0.717, 1.165) is 31.9 Å². The van der Waals surface area contributed by atoms with E-state index >= 15 is 0 Å². The summed E-state index contributed by atoms with van der Waals surface area (Å²) in [7, 11) is 0. The SMILES string of the molecule is CC(C)c1nc(CNC2(C)CCOC2)cs1. The molecule has 1 atom stereocenters. The standard InChI is InChI=1S/C12H20N2OS/c1-9(2)11-14-10(7-16-11)6-13-12(3)4-5-15-8-12/h7,9,13H,4-6,8H2,1-3H3. The molecule has 2 heterocycles. The van der Waals surface area contributed by atoms with Gasteiger partial charge in [-0.25, -0.2) is 4.98 Å². The Bertz CT molecular complexity index is 343. The third-order valence-electron chi connectivity index (χ3n) is 2.98. The van der Waals surface area contributed by atoms with E-state index in [1.807, 2.05) is 0 Å². The maximum Gasteiger partial charge on any atom is 0.0954 e. The molecule has 4 heteroatoms. The molecule has 16 heavy (non-hydrogen) atoms. The third kappa shape index (κ3) is 2.81. The smallest absolute Gasteiger partial charge is 0.0954 e. The largest absolute Gasteiger partial charge is 0.379 e. The number of hydrogen-bond donors (Lipinski definition) is 1. The Morgan fingerprint density at radius 3 is 3.00 bits per heavy atom. The molecule has 1 aromatic heterocycles. The van der Waals surface area contributed by atoms with Crippen molar-refractivity contribution in [2.45, 2.75) is 45.2 Å². The van der Waals surface area contributed by atoms with Crippen LogP contribution >= 0.6 is 11.3 Å². The highest BCUT2D eigenvalue weighted by Crippen LogP contribution is 2.21. The van der Waals surface area contributed by atoms with Gasteiger partial charge < -0.3 is 10.1 Å². The molecule has 3 nitrogen and oxygen atoms in total. The Balaban J connectivity index is 1.89. The average Bonchev–Trinajstić information content (AvgIpc) is 2.84. The van der Waals surface area contributed by atoms with Gasteiger partial charge in [0.2, 0.25) is 0 Å². The van der Waals surface area contributed by atoms with Gasteiger partial charge in [0, 0.05) is 30.0 Å². The van der Waals surface area contributed by atoms with Gasteiger partial charge in [0.1, 0.15) is 0 Å². The van der Waals surface area contributed by atoms with Crippen LogP contribution in [0.5, 0.6) is 0 Å². The third-order valence-corrected chi connectivity index (χ3v) is 4.17. The van der Waals surface area contributed by atoms with Crippen molar-refractivity contribution >= 4 is 11.3 Å². The number of ether oxygens (including phenoxy) is 1. The fraction of sp³-hybridized carbons (Fsp3) is 0.750. The number of aromatic nitrogens is 1. The number of nitrogens with zero attached hydrogens (tertiary/aromatic N) is 1. The van der Waals surface area contributed by atoms with Gasteiger partial charge in [-0.1, -0.05) is 13.8 Å². The lowest BCUT2D eigenvalue weighted by Crippen LogP contribution is -2.42. The summed E-state index contributed by atoms with van der Waals surface area (Å²) in [6.07, 6.45) is 1.09. The van der Waals surface area contributed by atoms with Crippen molar-refractivity contribution in [2.24, 2.45) is 0 Å². The van der Waals surface area contributed by atoms with Gasteiger partial charge in [0.25, 0.3) is 0 Å². The molecule has 0 saturated carbocycles. The molecule has 0 radical (unpaired) electrons. The van der Waals surface area contributed by atoms with Crippen molar-refractivity contribution in [2.75, 3.05) is 13.2 Å². The van der Waals surface area contributed by atoms with Crippen LogP contribution in [0.15, 0.2) is 5.38 Å². The topological polar surface area (TPSA) is 34.2 Å². The monoisotopic (exact) mass is 240 g/mol. The van der Waals surface area contributed by atoms with Gasteiger partial charge in [-0.05, 0) is 13.3 Å². The fourth-order valence-corrected chi connectivity index (χ4v) is 2.61. The first-order chi connectivity index (χ1) is 7.59. The summed E-state index contributed by atoms with van der Waals surface area (Å²) < 4.78 is 5.41. The zero-order chi connectivity index (χ0) is 11.6. The number of rotatable bonds is 4. The summed E-state index contributed by atoms with van der Waals surface area (Å²) in [5, 5.41) is 6.93. The predicted molar refractivity (Wildman–Crippen MR) is 66.9 cm³/mol. The van der Waals surface area contributed by atoms with Crippen LogP contribution in [0.3, 0.4) is 0 Å². The highest BCUT2D eigenvalue weighted by atomic mass is 32.1. The molecule has 0 amide bonds. The highest BCUT2D eigenvalue weighted by Gasteiger charge is 2.28. The average molecular weight is 240 g/mol. The van der Waals surface area contributed by atoms with E-state index in [1.54, 1.807) is 11.3 Å². The van der Waals surface area contributed by atoms with Gasteiger partial charge in [-0.2, -0.15) is 0 Å².